The van der Waals surface area contributed by atoms with Gasteiger partial charge in [-0.3, -0.25) is 4.79 Å². The number of phenolic OH excluding ortho intramolecular Hbond substituents is 1. The lowest BCUT2D eigenvalue weighted by Gasteiger charge is -2.20. The highest BCUT2D eigenvalue weighted by Crippen LogP contribution is 2.38. The molecule has 4 aromatic rings. The Kier molecular flexibility index (Phi) is 3.09. The molecule has 1 aliphatic rings. The average Bonchev–Trinajstić information content (AvgIpc) is 2.66. The van der Waals surface area contributed by atoms with Gasteiger partial charge < -0.3 is 14.8 Å². The SMILES string of the molecule is O=c1[nH]c(-c2cccc(O)c2)nc2c1Cc1c(ccc3ccccc13)O2. The van der Waals surface area contributed by atoms with Crippen LogP contribution >= 0.6 is 0 Å². The van der Waals surface area contributed by atoms with Gasteiger partial charge in [0.1, 0.15) is 17.3 Å². The molecule has 0 bridgehead atoms. The Hall–Kier alpha value is -3.60. The van der Waals surface area contributed by atoms with E-state index in [9.17, 15) is 9.90 Å². The summed E-state index contributed by atoms with van der Waals surface area (Å²) >= 11 is 0. The van der Waals surface area contributed by atoms with Crippen molar-refractivity contribution in [1.29, 1.82) is 0 Å². The number of fused-ring (bicyclic) bond motifs is 4. The maximum absolute atomic E-state index is 12.7. The number of hydrogen-bond acceptors (Lipinski definition) is 4. The van der Waals surface area contributed by atoms with Crippen molar-refractivity contribution < 1.29 is 9.84 Å². The highest BCUT2D eigenvalue weighted by molar-refractivity contribution is 5.88. The molecule has 5 nitrogen and oxygen atoms in total. The van der Waals surface area contributed by atoms with Gasteiger partial charge in [-0.05, 0) is 29.0 Å². The smallest absolute Gasteiger partial charge is 0.258 e. The number of phenols is 1. The van der Waals surface area contributed by atoms with Gasteiger partial charge in [0.05, 0.1) is 5.56 Å². The molecule has 0 amide bonds. The molecular formula is C21H14N2O3. The lowest BCUT2D eigenvalue weighted by atomic mass is 9.96. The molecular weight excluding hydrogens is 328 g/mol. The second kappa shape index (κ2) is 5.46. The fraction of sp³-hybridized carbons (Fsp3) is 0.0476. The molecule has 0 atom stereocenters. The Bertz CT molecular complexity index is 1230. The summed E-state index contributed by atoms with van der Waals surface area (Å²) in [4.78, 5) is 19.9. The maximum atomic E-state index is 12.7. The Morgan fingerprint density at radius 3 is 2.77 bits per heavy atom. The minimum Gasteiger partial charge on any atom is -0.508 e. The molecule has 0 aliphatic carbocycles. The summed E-state index contributed by atoms with van der Waals surface area (Å²) in [5.41, 5.74) is 1.90. The summed E-state index contributed by atoms with van der Waals surface area (Å²) in [7, 11) is 0. The zero-order valence-corrected chi connectivity index (χ0v) is 13.7. The topological polar surface area (TPSA) is 75.2 Å². The number of benzene rings is 3. The van der Waals surface area contributed by atoms with Crippen molar-refractivity contribution in [3.63, 3.8) is 0 Å². The first-order valence-electron chi connectivity index (χ1n) is 8.30. The van der Waals surface area contributed by atoms with Crippen molar-refractivity contribution in [2.45, 2.75) is 6.42 Å². The summed E-state index contributed by atoms with van der Waals surface area (Å²) in [5.74, 6) is 1.51. The summed E-state index contributed by atoms with van der Waals surface area (Å²) < 4.78 is 5.97. The van der Waals surface area contributed by atoms with E-state index in [4.69, 9.17) is 4.74 Å². The van der Waals surface area contributed by atoms with Crippen LogP contribution in [0, 0.1) is 0 Å². The highest BCUT2D eigenvalue weighted by Gasteiger charge is 2.24. The van der Waals surface area contributed by atoms with E-state index >= 15 is 0 Å². The summed E-state index contributed by atoms with van der Waals surface area (Å²) in [6, 6.07) is 18.5. The number of nitrogens with zero attached hydrogens (tertiary/aromatic N) is 1. The number of H-pyrrole nitrogens is 1. The Labute approximate surface area is 148 Å². The van der Waals surface area contributed by atoms with Crippen molar-refractivity contribution in [3.8, 4) is 28.8 Å². The van der Waals surface area contributed by atoms with E-state index in [0.29, 0.717) is 29.3 Å². The second-order valence-electron chi connectivity index (χ2n) is 6.29. The van der Waals surface area contributed by atoms with Crippen LogP contribution in [0.5, 0.6) is 17.4 Å². The molecule has 0 fully saturated rings. The second-order valence-corrected chi connectivity index (χ2v) is 6.29. The average molecular weight is 342 g/mol. The molecule has 5 heteroatoms. The molecule has 1 aliphatic heterocycles. The largest absolute Gasteiger partial charge is 0.508 e. The number of hydrogen-bond donors (Lipinski definition) is 2. The van der Waals surface area contributed by atoms with Crippen LogP contribution in [0.25, 0.3) is 22.2 Å². The van der Waals surface area contributed by atoms with Crippen molar-refractivity contribution >= 4 is 10.8 Å². The number of ether oxygens (including phenoxy) is 1. The first-order chi connectivity index (χ1) is 12.7. The molecule has 0 radical (unpaired) electrons. The van der Waals surface area contributed by atoms with Gasteiger partial charge in [-0.25, -0.2) is 0 Å². The first kappa shape index (κ1) is 14.7. The van der Waals surface area contributed by atoms with Crippen molar-refractivity contribution in [2.75, 3.05) is 0 Å². The molecule has 5 rings (SSSR count). The predicted molar refractivity (Wildman–Crippen MR) is 98.8 cm³/mol. The molecule has 26 heavy (non-hydrogen) atoms. The molecule has 2 heterocycles. The minimum atomic E-state index is -0.230. The van der Waals surface area contributed by atoms with E-state index in [1.54, 1.807) is 24.3 Å². The summed E-state index contributed by atoms with van der Waals surface area (Å²) in [6.45, 7) is 0. The number of aromatic amines is 1. The summed E-state index contributed by atoms with van der Waals surface area (Å²) in [5, 5.41) is 11.8. The van der Waals surface area contributed by atoms with Gasteiger partial charge >= 0.3 is 0 Å². The van der Waals surface area contributed by atoms with E-state index < -0.39 is 0 Å². The van der Waals surface area contributed by atoms with E-state index in [1.807, 2.05) is 36.4 Å². The quantitative estimate of drug-likeness (QED) is 0.483. The van der Waals surface area contributed by atoms with Crippen LogP contribution in [-0.2, 0) is 6.42 Å². The third-order valence-electron chi connectivity index (χ3n) is 4.65. The summed E-state index contributed by atoms with van der Waals surface area (Å²) in [6.07, 6.45) is 0.467. The third kappa shape index (κ3) is 2.25. The van der Waals surface area contributed by atoms with Crippen LogP contribution in [0.1, 0.15) is 11.1 Å². The zero-order chi connectivity index (χ0) is 17.7. The van der Waals surface area contributed by atoms with Gasteiger partial charge in [0.25, 0.3) is 5.56 Å². The van der Waals surface area contributed by atoms with Gasteiger partial charge in [0.15, 0.2) is 0 Å². The lowest BCUT2D eigenvalue weighted by Crippen LogP contribution is -2.20. The fourth-order valence-electron chi connectivity index (χ4n) is 3.38. The van der Waals surface area contributed by atoms with E-state index in [1.165, 1.54) is 0 Å². The van der Waals surface area contributed by atoms with E-state index in [0.717, 1.165) is 22.1 Å². The molecule has 3 aromatic carbocycles. The van der Waals surface area contributed by atoms with Crippen molar-refractivity contribution in [1.82, 2.24) is 9.97 Å². The predicted octanol–water partition coefficient (Wildman–Crippen LogP) is 3.99. The Morgan fingerprint density at radius 2 is 1.88 bits per heavy atom. The van der Waals surface area contributed by atoms with E-state index in [2.05, 4.69) is 9.97 Å². The van der Waals surface area contributed by atoms with Crippen LogP contribution in [-0.4, -0.2) is 15.1 Å². The van der Waals surface area contributed by atoms with E-state index in [-0.39, 0.29) is 11.3 Å². The Balaban J connectivity index is 1.66. The normalized spacial score (nSPS) is 12.3. The van der Waals surface area contributed by atoms with Gasteiger partial charge in [-0.15, -0.1) is 0 Å². The van der Waals surface area contributed by atoms with Crippen LogP contribution in [0.15, 0.2) is 65.5 Å². The van der Waals surface area contributed by atoms with Gasteiger partial charge in [-0.1, -0.05) is 42.5 Å². The first-order valence-corrected chi connectivity index (χ1v) is 8.30. The number of nitrogens with one attached hydrogen (secondary N) is 1. The molecule has 0 saturated heterocycles. The fourth-order valence-corrected chi connectivity index (χ4v) is 3.38. The number of aromatic hydroxyl groups is 1. The molecule has 126 valence electrons. The zero-order valence-electron chi connectivity index (χ0n) is 13.7. The van der Waals surface area contributed by atoms with Gasteiger partial charge in [-0.2, -0.15) is 4.98 Å². The van der Waals surface area contributed by atoms with Gasteiger partial charge in [0.2, 0.25) is 5.88 Å². The molecule has 1 aromatic heterocycles. The van der Waals surface area contributed by atoms with Crippen molar-refractivity contribution in [2.24, 2.45) is 0 Å². The standard InChI is InChI=1S/C21H14N2O3/c24-14-6-3-5-13(10-14)19-22-20(25)17-11-16-15-7-2-1-4-12(15)8-9-18(16)26-21(17)23-19/h1-10,24H,11H2,(H,22,23,25). The van der Waals surface area contributed by atoms with Gasteiger partial charge in [0, 0.05) is 17.5 Å². The molecule has 0 saturated carbocycles. The Morgan fingerprint density at radius 1 is 1.00 bits per heavy atom. The minimum absolute atomic E-state index is 0.112. The third-order valence-corrected chi connectivity index (χ3v) is 4.65. The van der Waals surface area contributed by atoms with Crippen LogP contribution in [0.2, 0.25) is 0 Å². The van der Waals surface area contributed by atoms with Crippen LogP contribution in [0.4, 0.5) is 0 Å². The van der Waals surface area contributed by atoms with Crippen LogP contribution < -0.4 is 10.3 Å². The molecule has 2 N–H and O–H groups in total. The molecule has 0 spiro atoms. The number of rotatable bonds is 1. The van der Waals surface area contributed by atoms with Crippen LogP contribution in [0.3, 0.4) is 0 Å². The van der Waals surface area contributed by atoms with Crippen molar-refractivity contribution in [3.05, 3.63) is 82.1 Å². The maximum Gasteiger partial charge on any atom is 0.258 e. The highest BCUT2D eigenvalue weighted by atomic mass is 16.5. The molecule has 0 unspecified atom stereocenters. The lowest BCUT2D eigenvalue weighted by molar-refractivity contribution is 0.439. The number of aromatic nitrogens is 2. The monoisotopic (exact) mass is 342 g/mol.